The number of hydrogen-bond acceptors (Lipinski definition) is 4. The van der Waals surface area contributed by atoms with Crippen molar-refractivity contribution in [2.45, 2.75) is 39.2 Å². The Balaban J connectivity index is 1.36. The Morgan fingerprint density at radius 2 is 2.19 bits per heavy atom. The van der Waals surface area contributed by atoms with Crippen LogP contribution in [0.2, 0.25) is 0 Å². The molecule has 1 saturated heterocycles. The van der Waals surface area contributed by atoms with Gasteiger partial charge < -0.3 is 14.8 Å². The van der Waals surface area contributed by atoms with Gasteiger partial charge in [-0.1, -0.05) is 6.07 Å². The lowest BCUT2D eigenvalue weighted by molar-refractivity contribution is 0.178. The first-order valence-corrected chi connectivity index (χ1v) is 9.44. The zero-order valence-electron chi connectivity index (χ0n) is 15.8. The fraction of sp³-hybridized carbons (Fsp3) is 0.474. The second-order valence-electron chi connectivity index (χ2n) is 7.11. The number of carbonyl (C=O) groups excluding carboxylic acids is 1. The van der Waals surface area contributed by atoms with Gasteiger partial charge in [-0.3, -0.25) is 4.40 Å². The molecule has 3 aromatic rings. The highest BCUT2D eigenvalue weighted by Crippen LogP contribution is 2.26. The van der Waals surface area contributed by atoms with Crippen molar-refractivity contribution in [1.82, 2.24) is 34.4 Å². The third-order valence-corrected chi connectivity index (χ3v) is 5.39. The van der Waals surface area contributed by atoms with Gasteiger partial charge in [0.05, 0.1) is 12.0 Å². The summed E-state index contributed by atoms with van der Waals surface area (Å²) in [5.74, 6) is 1.15. The summed E-state index contributed by atoms with van der Waals surface area (Å²) in [5.41, 5.74) is 3.02. The molecule has 2 amide bonds. The van der Waals surface area contributed by atoms with Crippen molar-refractivity contribution in [3.63, 3.8) is 0 Å². The molecule has 4 heterocycles. The number of hydrogen-bond donors (Lipinski definition) is 1. The molecule has 0 saturated carbocycles. The van der Waals surface area contributed by atoms with Crippen LogP contribution in [0.25, 0.3) is 5.65 Å². The molecule has 1 aliphatic heterocycles. The molecule has 0 radical (unpaired) electrons. The number of nitrogens with one attached hydrogen (secondary N) is 1. The minimum atomic E-state index is -0.0111. The fourth-order valence-corrected chi connectivity index (χ4v) is 3.68. The Kier molecular flexibility index (Phi) is 4.79. The Hall–Kier alpha value is -2.90. The van der Waals surface area contributed by atoms with E-state index in [1.54, 1.807) is 0 Å². The average molecular weight is 367 g/mol. The summed E-state index contributed by atoms with van der Waals surface area (Å²) in [6.07, 6.45) is 5.80. The minimum absolute atomic E-state index is 0.0111. The molecule has 1 fully saturated rings. The summed E-state index contributed by atoms with van der Waals surface area (Å²) < 4.78 is 4.09. The van der Waals surface area contributed by atoms with Crippen molar-refractivity contribution in [3.8, 4) is 0 Å². The van der Waals surface area contributed by atoms with Crippen LogP contribution in [-0.4, -0.2) is 54.7 Å². The van der Waals surface area contributed by atoms with Crippen molar-refractivity contribution in [1.29, 1.82) is 0 Å². The first-order valence-electron chi connectivity index (χ1n) is 9.44. The van der Waals surface area contributed by atoms with E-state index in [0.29, 0.717) is 13.1 Å². The standard InChI is InChI=1S/C19H25N7O/c1-14-15(2)25(13-21-14)11-8-20-19(27)24-9-5-6-16(12-24)18-23-22-17-7-3-4-10-26(17)18/h3-4,7,10,13,16H,5-6,8-9,11-12H2,1-2H3,(H,20,27)/t16-/m1/s1. The predicted octanol–water partition coefficient (Wildman–Crippen LogP) is 2.13. The molecule has 8 nitrogen and oxygen atoms in total. The maximum atomic E-state index is 12.6. The molecule has 27 heavy (non-hydrogen) atoms. The SMILES string of the molecule is Cc1ncn(CCNC(=O)N2CCC[C@@H](c3nnc4ccccn34)C2)c1C. The van der Waals surface area contributed by atoms with Crippen LogP contribution in [-0.2, 0) is 6.54 Å². The first-order chi connectivity index (χ1) is 13.1. The van der Waals surface area contributed by atoms with Crippen LogP contribution in [0.1, 0.15) is 36.0 Å². The van der Waals surface area contributed by atoms with Gasteiger partial charge in [-0.2, -0.15) is 0 Å². The van der Waals surface area contributed by atoms with Crippen molar-refractivity contribution < 1.29 is 4.79 Å². The Bertz CT molecular complexity index is 945. The molecule has 0 spiro atoms. The van der Waals surface area contributed by atoms with E-state index in [4.69, 9.17) is 0 Å². The van der Waals surface area contributed by atoms with Crippen LogP contribution < -0.4 is 5.32 Å². The number of fused-ring (bicyclic) bond motifs is 1. The molecule has 0 aromatic carbocycles. The maximum absolute atomic E-state index is 12.6. The second kappa shape index (κ2) is 7.38. The maximum Gasteiger partial charge on any atom is 0.317 e. The van der Waals surface area contributed by atoms with E-state index in [9.17, 15) is 4.79 Å². The minimum Gasteiger partial charge on any atom is -0.336 e. The van der Waals surface area contributed by atoms with Crippen LogP contribution in [0.15, 0.2) is 30.7 Å². The normalized spacial score (nSPS) is 17.4. The van der Waals surface area contributed by atoms with Gasteiger partial charge in [0, 0.05) is 44.0 Å². The van der Waals surface area contributed by atoms with E-state index in [-0.39, 0.29) is 11.9 Å². The summed E-state index contributed by atoms with van der Waals surface area (Å²) in [6.45, 7) is 6.80. The molecule has 3 aromatic heterocycles. The van der Waals surface area contributed by atoms with Crippen LogP contribution in [0, 0.1) is 13.8 Å². The highest BCUT2D eigenvalue weighted by atomic mass is 16.2. The van der Waals surface area contributed by atoms with Gasteiger partial charge in [0.2, 0.25) is 0 Å². The smallest absolute Gasteiger partial charge is 0.317 e. The van der Waals surface area contributed by atoms with Crippen LogP contribution in [0.3, 0.4) is 0 Å². The van der Waals surface area contributed by atoms with E-state index in [1.807, 2.05) is 53.9 Å². The van der Waals surface area contributed by atoms with E-state index < -0.39 is 0 Å². The van der Waals surface area contributed by atoms with Gasteiger partial charge in [0.15, 0.2) is 5.65 Å². The Morgan fingerprint density at radius 1 is 1.30 bits per heavy atom. The molecule has 8 heteroatoms. The summed E-state index contributed by atoms with van der Waals surface area (Å²) in [4.78, 5) is 18.8. The van der Waals surface area contributed by atoms with E-state index in [2.05, 4.69) is 25.1 Å². The molecule has 0 aliphatic carbocycles. The second-order valence-corrected chi connectivity index (χ2v) is 7.11. The number of likely N-dealkylation sites (tertiary alicyclic amines) is 1. The highest BCUT2D eigenvalue weighted by molar-refractivity contribution is 5.74. The number of carbonyl (C=O) groups is 1. The lowest BCUT2D eigenvalue weighted by Crippen LogP contribution is -2.46. The third kappa shape index (κ3) is 3.51. The number of pyridine rings is 1. The van der Waals surface area contributed by atoms with E-state index in [0.717, 1.165) is 48.8 Å². The number of urea groups is 1. The number of rotatable bonds is 4. The first kappa shape index (κ1) is 17.5. The topological polar surface area (TPSA) is 80.3 Å². The van der Waals surface area contributed by atoms with E-state index >= 15 is 0 Å². The number of aromatic nitrogens is 5. The number of piperidine rings is 1. The quantitative estimate of drug-likeness (QED) is 0.766. The molecule has 142 valence electrons. The molecular weight excluding hydrogens is 342 g/mol. The number of aryl methyl sites for hydroxylation is 1. The monoisotopic (exact) mass is 367 g/mol. The molecule has 0 bridgehead atoms. The fourth-order valence-electron chi connectivity index (χ4n) is 3.68. The number of nitrogens with zero attached hydrogens (tertiary/aromatic N) is 6. The zero-order chi connectivity index (χ0) is 18.8. The van der Waals surface area contributed by atoms with Crippen molar-refractivity contribution in [2.75, 3.05) is 19.6 Å². The summed E-state index contributed by atoms with van der Waals surface area (Å²) in [7, 11) is 0. The molecule has 1 N–H and O–H groups in total. The van der Waals surface area contributed by atoms with Crippen LogP contribution in [0.4, 0.5) is 4.79 Å². The summed E-state index contributed by atoms with van der Waals surface area (Å²) >= 11 is 0. The number of imidazole rings is 1. The van der Waals surface area contributed by atoms with Crippen molar-refractivity contribution in [3.05, 3.63) is 47.9 Å². The van der Waals surface area contributed by atoms with Gasteiger partial charge in [0.1, 0.15) is 5.82 Å². The van der Waals surface area contributed by atoms with Crippen molar-refractivity contribution >= 4 is 11.7 Å². The van der Waals surface area contributed by atoms with Gasteiger partial charge in [-0.15, -0.1) is 10.2 Å². The molecule has 0 unspecified atom stereocenters. The molecule has 1 atom stereocenters. The van der Waals surface area contributed by atoms with Gasteiger partial charge in [-0.05, 0) is 38.8 Å². The van der Waals surface area contributed by atoms with Crippen LogP contribution >= 0.6 is 0 Å². The summed E-state index contributed by atoms with van der Waals surface area (Å²) in [5, 5.41) is 11.6. The van der Waals surface area contributed by atoms with Crippen molar-refractivity contribution in [2.24, 2.45) is 0 Å². The van der Waals surface area contributed by atoms with Gasteiger partial charge in [-0.25, -0.2) is 9.78 Å². The van der Waals surface area contributed by atoms with Gasteiger partial charge >= 0.3 is 6.03 Å². The average Bonchev–Trinajstić information content (AvgIpc) is 3.26. The molecule has 1 aliphatic rings. The third-order valence-electron chi connectivity index (χ3n) is 5.39. The zero-order valence-corrected chi connectivity index (χ0v) is 15.8. The number of amides is 2. The Morgan fingerprint density at radius 3 is 3.00 bits per heavy atom. The highest BCUT2D eigenvalue weighted by Gasteiger charge is 2.27. The predicted molar refractivity (Wildman–Crippen MR) is 102 cm³/mol. The van der Waals surface area contributed by atoms with E-state index in [1.165, 1.54) is 0 Å². The molecule has 4 rings (SSSR count). The van der Waals surface area contributed by atoms with Gasteiger partial charge in [0.25, 0.3) is 0 Å². The lowest BCUT2D eigenvalue weighted by atomic mass is 9.97. The lowest BCUT2D eigenvalue weighted by Gasteiger charge is -2.32. The Labute approximate surface area is 158 Å². The largest absolute Gasteiger partial charge is 0.336 e. The summed E-state index contributed by atoms with van der Waals surface area (Å²) in [6, 6.07) is 5.87. The van der Waals surface area contributed by atoms with Crippen LogP contribution in [0.5, 0.6) is 0 Å². The molecular formula is C19H25N7O.